The first-order valence-electron chi connectivity index (χ1n) is 4.47. The van der Waals surface area contributed by atoms with Crippen molar-refractivity contribution in [2.45, 2.75) is 13.3 Å². The van der Waals surface area contributed by atoms with Gasteiger partial charge in [0.1, 0.15) is 11.0 Å². The van der Waals surface area contributed by atoms with Crippen LogP contribution in [0.1, 0.15) is 12.7 Å². The van der Waals surface area contributed by atoms with Crippen LogP contribution in [-0.4, -0.2) is 9.97 Å². The predicted molar refractivity (Wildman–Crippen MR) is 64.7 cm³/mol. The Bertz CT molecular complexity index is 482. The third-order valence-corrected chi connectivity index (χ3v) is 3.46. The fourth-order valence-electron chi connectivity index (χ4n) is 1.22. The number of aryl methyl sites for hydroxylation is 1. The van der Waals surface area contributed by atoms with Gasteiger partial charge in [0.05, 0.1) is 15.6 Å². The molecule has 0 aromatic carbocycles. The molecule has 15 heavy (non-hydrogen) atoms. The lowest BCUT2D eigenvalue weighted by atomic mass is 10.3. The van der Waals surface area contributed by atoms with Gasteiger partial charge in [-0.25, -0.2) is 9.97 Å². The molecule has 0 aliphatic rings. The van der Waals surface area contributed by atoms with E-state index in [-0.39, 0.29) is 0 Å². The second-order valence-corrected chi connectivity index (χ2v) is 4.65. The lowest BCUT2D eigenvalue weighted by Crippen LogP contribution is -1.94. The van der Waals surface area contributed by atoms with Gasteiger partial charge in [0.2, 0.25) is 0 Å². The van der Waals surface area contributed by atoms with Crippen molar-refractivity contribution < 1.29 is 0 Å². The molecule has 0 fully saturated rings. The highest BCUT2D eigenvalue weighted by atomic mass is 35.5. The summed E-state index contributed by atoms with van der Waals surface area (Å²) in [5, 5.41) is 3.09. The highest BCUT2D eigenvalue weighted by Gasteiger charge is 2.09. The van der Waals surface area contributed by atoms with E-state index in [0.717, 1.165) is 22.8 Å². The zero-order valence-corrected chi connectivity index (χ0v) is 10.3. The fraction of sp³-hybridized carbons (Fsp3) is 0.200. The van der Waals surface area contributed by atoms with Crippen LogP contribution in [0.5, 0.6) is 0 Å². The average Bonchev–Trinajstić information content (AvgIpc) is 2.63. The van der Waals surface area contributed by atoms with Crippen molar-refractivity contribution >= 4 is 34.5 Å². The van der Waals surface area contributed by atoms with Crippen molar-refractivity contribution in [1.29, 1.82) is 0 Å². The highest BCUT2D eigenvalue weighted by Crippen LogP contribution is 2.32. The average molecular weight is 259 g/mol. The number of nitrogens with zero attached hydrogens (tertiary/aromatic N) is 2. The van der Waals surface area contributed by atoms with Gasteiger partial charge in [-0.15, -0.1) is 11.3 Å². The van der Waals surface area contributed by atoms with Crippen LogP contribution in [-0.2, 0) is 6.42 Å². The van der Waals surface area contributed by atoms with E-state index in [4.69, 9.17) is 23.2 Å². The zero-order chi connectivity index (χ0) is 10.8. The van der Waals surface area contributed by atoms with E-state index in [1.54, 1.807) is 17.4 Å². The molecule has 0 aliphatic carbocycles. The van der Waals surface area contributed by atoms with Crippen LogP contribution in [0.4, 0.5) is 0 Å². The summed E-state index contributed by atoms with van der Waals surface area (Å²) in [7, 11) is 0. The molecule has 0 saturated carbocycles. The van der Waals surface area contributed by atoms with Crippen molar-refractivity contribution in [3.05, 3.63) is 33.5 Å². The minimum absolute atomic E-state index is 0.460. The van der Waals surface area contributed by atoms with Crippen molar-refractivity contribution in [1.82, 2.24) is 9.97 Å². The van der Waals surface area contributed by atoms with Gasteiger partial charge in [0.15, 0.2) is 0 Å². The summed E-state index contributed by atoms with van der Waals surface area (Å²) >= 11 is 13.5. The molecule has 2 nitrogen and oxygen atoms in total. The monoisotopic (exact) mass is 258 g/mol. The second-order valence-electron chi connectivity index (χ2n) is 2.94. The number of hydrogen-bond acceptors (Lipinski definition) is 3. The molecule has 2 aromatic heterocycles. The Morgan fingerprint density at radius 1 is 1.33 bits per heavy atom. The molecule has 0 bridgehead atoms. The molecular weight excluding hydrogens is 251 g/mol. The second kappa shape index (κ2) is 4.47. The van der Waals surface area contributed by atoms with E-state index in [1.807, 2.05) is 18.4 Å². The molecule has 0 radical (unpaired) electrons. The van der Waals surface area contributed by atoms with E-state index in [9.17, 15) is 0 Å². The van der Waals surface area contributed by atoms with Gasteiger partial charge in [-0.05, 0) is 11.4 Å². The van der Waals surface area contributed by atoms with E-state index in [0.29, 0.717) is 10.2 Å². The van der Waals surface area contributed by atoms with E-state index in [2.05, 4.69) is 9.97 Å². The first-order valence-corrected chi connectivity index (χ1v) is 6.11. The lowest BCUT2D eigenvalue weighted by molar-refractivity contribution is 0.945. The van der Waals surface area contributed by atoms with Gasteiger partial charge >= 0.3 is 0 Å². The minimum atomic E-state index is 0.460. The smallest absolute Gasteiger partial charge is 0.133 e. The third kappa shape index (κ3) is 2.30. The van der Waals surface area contributed by atoms with Gasteiger partial charge in [-0.2, -0.15) is 0 Å². The summed E-state index contributed by atoms with van der Waals surface area (Å²) in [6.45, 7) is 1.99. The summed E-state index contributed by atoms with van der Waals surface area (Å²) in [6, 6.07) is 3.58. The van der Waals surface area contributed by atoms with Crippen LogP contribution in [0.2, 0.25) is 10.2 Å². The van der Waals surface area contributed by atoms with Crippen LogP contribution in [0, 0.1) is 0 Å². The number of halogens is 2. The fourth-order valence-corrected chi connectivity index (χ4v) is 2.53. The van der Waals surface area contributed by atoms with Gasteiger partial charge in [0.25, 0.3) is 0 Å². The Morgan fingerprint density at radius 2 is 2.13 bits per heavy atom. The summed E-state index contributed by atoms with van der Waals surface area (Å²) in [6.07, 6.45) is 0.760. The first kappa shape index (κ1) is 10.9. The molecule has 78 valence electrons. The normalized spacial score (nSPS) is 10.6. The maximum Gasteiger partial charge on any atom is 0.133 e. The molecule has 2 aromatic rings. The van der Waals surface area contributed by atoms with E-state index in [1.165, 1.54) is 0 Å². The third-order valence-electron chi connectivity index (χ3n) is 1.91. The summed E-state index contributed by atoms with van der Waals surface area (Å²) in [5.74, 6) is 0.738. The standard InChI is InChI=1S/C10H8Cl2N2S/c1-2-9-13-7(5-8(12)14-9)10-6(11)3-4-15-10/h3-5H,2H2,1H3. The first-order chi connectivity index (χ1) is 7.20. The largest absolute Gasteiger partial charge is 0.232 e. The van der Waals surface area contributed by atoms with Crippen LogP contribution in [0.3, 0.4) is 0 Å². The maximum absolute atomic E-state index is 6.03. The number of thiophene rings is 1. The quantitative estimate of drug-likeness (QED) is 0.759. The van der Waals surface area contributed by atoms with Crippen molar-refractivity contribution in [2.24, 2.45) is 0 Å². The van der Waals surface area contributed by atoms with Gasteiger partial charge < -0.3 is 0 Å². The van der Waals surface area contributed by atoms with Gasteiger partial charge in [0, 0.05) is 12.5 Å². The summed E-state index contributed by atoms with van der Waals surface area (Å²) in [4.78, 5) is 9.43. The van der Waals surface area contributed by atoms with Crippen LogP contribution in [0.15, 0.2) is 17.5 Å². The van der Waals surface area contributed by atoms with Crippen LogP contribution < -0.4 is 0 Å². The molecule has 0 atom stereocenters. The van der Waals surface area contributed by atoms with Crippen molar-refractivity contribution in [2.75, 3.05) is 0 Å². The van der Waals surface area contributed by atoms with Crippen LogP contribution in [0.25, 0.3) is 10.6 Å². The topological polar surface area (TPSA) is 25.8 Å². The molecule has 5 heteroatoms. The summed E-state index contributed by atoms with van der Waals surface area (Å²) in [5.41, 5.74) is 0.798. The molecule has 2 rings (SSSR count). The number of hydrogen-bond donors (Lipinski definition) is 0. The molecule has 0 unspecified atom stereocenters. The van der Waals surface area contributed by atoms with Gasteiger partial charge in [-0.3, -0.25) is 0 Å². The van der Waals surface area contributed by atoms with Crippen molar-refractivity contribution in [3.8, 4) is 10.6 Å². The molecule has 0 amide bonds. The van der Waals surface area contributed by atoms with Crippen LogP contribution >= 0.6 is 34.5 Å². The lowest BCUT2D eigenvalue weighted by Gasteiger charge is -2.01. The van der Waals surface area contributed by atoms with E-state index < -0.39 is 0 Å². The Balaban J connectivity index is 2.53. The Hall–Kier alpha value is -0.640. The van der Waals surface area contributed by atoms with Gasteiger partial charge in [-0.1, -0.05) is 30.1 Å². The highest BCUT2D eigenvalue weighted by molar-refractivity contribution is 7.14. The number of rotatable bonds is 2. The maximum atomic E-state index is 6.03. The molecule has 2 heterocycles. The zero-order valence-electron chi connectivity index (χ0n) is 8.00. The predicted octanol–water partition coefficient (Wildman–Crippen LogP) is 4.07. The molecule has 0 aliphatic heterocycles. The minimum Gasteiger partial charge on any atom is -0.232 e. The molecule has 0 saturated heterocycles. The Labute approximate surface area is 102 Å². The number of aromatic nitrogens is 2. The van der Waals surface area contributed by atoms with Crippen molar-refractivity contribution in [3.63, 3.8) is 0 Å². The molecular formula is C10H8Cl2N2S. The molecule has 0 spiro atoms. The Morgan fingerprint density at radius 3 is 2.73 bits per heavy atom. The van der Waals surface area contributed by atoms with E-state index >= 15 is 0 Å². The summed E-state index contributed by atoms with van der Waals surface area (Å²) < 4.78 is 0. The Kier molecular flexibility index (Phi) is 3.24. The SMILES string of the molecule is CCc1nc(Cl)cc(-c2sccc2Cl)n1. The molecule has 0 N–H and O–H groups in total.